The molecule has 1 aromatic heterocycles. The third kappa shape index (κ3) is 3.43. The minimum absolute atomic E-state index is 0.0501. The molecule has 0 aliphatic carbocycles. The van der Waals surface area contributed by atoms with Crippen LogP contribution in [0.4, 0.5) is 0 Å². The van der Waals surface area contributed by atoms with E-state index in [1.807, 2.05) is 24.3 Å². The fraction of sp³-hybridized carbons (Fsp3) is 0.125. The van der Waals surface area contributed by atoms with Crippen molar-refractivity contribution in [1.82, 2.24) is 9.88 Å². The molecule has 1 atom stereocenters. The number of amides is 1. The van der Waals surface area contributed by atoms with E-state index in [9.17, 15) is 14.7 Å². The number of aromatic nitrogens is 1. The van der Waals surface area contributed by atoms with Gasteiger partial charge in [0.15, 0.2) is 0 Å². The molecule has 2 heterocycles. The number of hydrogen-bond acceptors (Lipinski definition) is 5. The highest BCUT2D eigenvalue weighted by Crippen LogP contribution is 2.40. The number of aliphatic hydroxyl groups excluding tert-OH is 1. The average Bonchev–Trinajstić information content (AvgIpc) is 3.05. The molecule has 0 radical (unpaired) electrons. The number of Topliss-reactive ketones (excluding diaryl/α,β-unsaturated/α-hetero) is 1. The number of para-hydroxylation sites is 1. The molecule has 0 bridgehead atoms. The van der Waals surface area contributed by atoms with Crippen molar-refractivity contribution < 1.29 is 19.4 Å². The van der Waals surface area contributed by atoms with Crippen LogP contribution in [0.5, 0.6) is 5.75 Å². The van der Waals surface area contributed by atoms with Crippen molar-refractivity contribution in [3.63, 3.8) is 0 Å². The molecule has 30 heavy (non-hydrogen) atoms. The molecule has 0 saturated carbocycles. The number of carbonyl (C=O) groups is 2. The van der Waals surface area contributed by atoms with Gasteiger partial charge in [-0.2, -0.15) is 0 Å². The van der Waals surface area contributed by atoms with Gasteiger partial charge < -0.3 is 14.7 Å². The predicted molar refractivity (Wildman–Crippen MR) is 112 cm³/mol. The minimum atomic E-state index is -0.760. The minimum Gasteiger partial charge on any atom is -0.507 e. The second-order valence-corrected chi connectivity index (χ2v) is 6.89. The highest BCUT2D eigenvalue weighted by Gasteiger charge is 2.46. The third-order valence-electron chi connectivity index (χ3n) is 5.12. The van der Waals surface area contributed by atoms with Gasteiger partial charge in [0.25, 0.3) is 11.7 Å². The van der Waals surface area contributed by atoms with Gasteiger partial charge in [-0.05, 0) is 17.7 Å². The van der Waals surface area contributed by atoms with E-state index in [-0.39, 0.29) is 17.9 Å². The SMILES string of the molecule is COc1ccccc1CN1C(=O)C(=O)/C(=C(/O)c2ccccc2)C1c1cccnc1. The Morgan fingerprint density at radius 1 is 1.03 bits per heavy atom. The second-order valence-electron chi connectivity index (χ2n) is 6.89. The van der Waals surface area contributed by atoms with Gasteiger partial charge >= 0.3 is 0 Å². The Morgan fingerprint density at radius 3 is 2.47 bits per heavy atom. The summed E-state index contributed by atoms with van der Waals surface area (Å²) in [7, 11) is 1.56. The van der Waals surface area contributed by atoms with E-state index in [2.05, 4.69) is 4.98 Å². The van der Waals surface area contributed by atoms with Crippen LogP contribution in [0.15, 0.2) is 84.7 Å². The number of benzene rings is 2. The van der Waals surface area contributed by atoms with Crippen LogP contribution in [0.1, 0.15) is 22.7 Å². The van der Waals surface area contributed by atoms with E-state index < -0.39 is 17.7 Å². The van der Waals surface area contributed by atoms with E-state index in [4.69, 9.17) is 4.74 Å². The predicted octanol–water partition coefficient (Wildman–Crippen LogP) is 3.71. The normalized spacial score (nSPS) is 17.9. The van der Waals surface area contributed by atoms with Gasteiger partial charge in [0, 0.05) is 23.5 Å². The number of pyridine rings is 1. The zero-order valence-electron chi connectivity index (χ0n) is 16.4. The Bertz CT molecular complexity index is 1110. The number of methoxy groups -OCH3 is 1. The lowest BCUT2D eigenvalue weighted by Crippen LogP contribution is -2.29. The van der Waals surface area contributed by atoms with Crippen molar-refractivity contribution in [2.75, 3.05) is 7.11 Å². The standard InChI is InChI=1S/C24H20N2O4/c1-30-19-12-6-5-10-18(19)15-26-21(17-11-7-13-25-14-17)20(23(28)24(26)29)22(27)16-8-3-2-4-9-16/h2-14,21,27H,15H2,1H3/b22-20+. The number of ether oxygens (including phenoxy) is 1. The summed E-state index contributed by atoms with van der Waals surface area (Å²) >= 11 is 0. The summed E-state index contributed by atoms with van der Waals surface area (Å²) in [6.07, 6.45) is 3.22. The van der Waals surface area contributed by atoms with Crippen molar-refractivity contribution in [3.8, 4) is 5.75 Å². The van der Waals surface area contributed by atoms with Crippen LogP contribution in [-0.2, 0) is 16.1 Å². The van der Waals surface area contributed by atoms with Crippen molar-refractivity contribution in [1.29, 1.82) is 0 Å². The lowest BCUT2D eigenvalue weighted by molar-refractivity contribution is -0.140. The Balaban J connectivity index is 1.86. The first-order valence-corrected chi connectivity index (χ1v) is 9.47. The van der Waals surface area contributed by atoms with Gasteiger partial charge in [-0.1, -0.05) is 54.6 Å². The van der Waals surface area contributed by atoms with Crippen molar-refractivity contribution in [2.45, 2.75) is 12.6 Å². The summed E-state index contributed by atoms with van der Waals surface area (Å²) in [4.78, 5) is 31.6. The number of aliphatic hydroxyl groups is 1. The van der Waals surface area contributed by atoms with Gasteiger partial charge in [0.05, 0.1) is 25.3 Å². The van der Waals surface area contributed by atoms with E-state index in [0.717, 1.165) is 5.56 Å². The molecular formula is C24H20N2O4. The number of carbonyl (C=O) groups excluding carboxylic acids is 2. The van der Waals surface area contributed by atoms with Crippen LogP contribution in [0, 0.1) is 0 Å². The molecule has 150 valence electrons. The second kappa shape index (κ2) is 8.21. The maximum absolute atomic E-state index is 13.0. The fourth-order valence-electron chi connectivity index (χ4n) is 3.70. The maximum atomic E-state index is 13.0. The van der Waals surface area contributed by atoms with E-state index in [0.29, 0.717) is 16.9 Å². The molecule has 1 fully saturated rings. The Morgan fingerprint density at radius 2 is 1.77 bits per heavy atom. The summed E-state index contributed by atoms with van der Waals surface area (Å²) in [5, 5.41) is 11.0. The summed E-state index contributed by atoms with van der Waals surface area (Å²) < 4.78 is 5.41. The largest absolute Gasteiger partial charge is 0.507 e. The molecular weight excluding hydrogens is 380 g/mol. The summed E-state index contributed by atoms with van der Waals surface area (Å²) in [5.74, 6) is -0.981. The molecule has 0 spiro atoms. The van der Waals surface area contributed by atoms with Crippen LogP contribution >= 0.6 is 0 Å². The van der Waals surface area contributed by atoms with Gasteiger partial charge in [0.1, 0.15) is 11.5 Å². The van der Waals surface area contributed by atoms with Gasteiger partial charge in [-0.25, -0.2) is 0 Å². The third-order valence-corrected chi connectivity index (χ3v) is 5.12. The van der Waals surface area contributed by atoms with Crippen LogP contribution in [-0.4, -0.2) is 33.8 Å². The Hall–Kier alpha value is -3.93. The zero-order chi connectivity index (χ0) is 21.1. The van der Waals surface area contributed by atoms with Gasteiger partial charge in [-0.15, -0.1) is 0 Å². The van der Waals surface area contributed by atoms with E-state index >= 15 is 0 Å². The Labute approximate surface area is 174 Å². The number of likely N-dealkylation sites (tertiary alicyclic amines) is 1. The topological polar surface area (TPSA) is 79.7 Å². The van der Waals surface area contributed by atoms with Gasteiger partial charge in [-0.3, -0.25) is 14.6 Å². The number of ketones is 1. The summed E-state index contributed by atoms with van der Waals surface area (Å²) in [6, 6.07) is 18.8. The highest BCUT2D eigenvalue weighted by atomic mass is 16.5. The summed E-state index contributed by atoms with van der Waals surface area (Å²) in [6.45, 7) is 0.152. The van der Waals surface area contributed by atoms with E-state index in [1.54, 1.807) is 62.0 Å². The molecule has 3 aromatic rings. The molecule has 6 heteroatoms. The molecule has 6 nitrogen and oxygen atoms in total. The first kappa shape index (κ1) is 19.4. The van der Waals surface area contributed by atoms with Crippen LogP contribution in [0.2, 0.25) is 0 Å². The monoisotopic (exact) mass is 400 g/mol. The molecule has 2 aromatic carbocycles. The Kier molecular flexibility index (Phi) is 5.30. The van der Waals surface area contributed by atoms with Crippen LogP contribution < -0.4 is 4.74 Å². The van der Waals surface area contributed by atoms with E-state index in [1.165, 1.54) is 4.90 Å². The quantitative estimate of drug-likeness (QED) is 0.401. The lowest BCUT2D eigenvalue weighted by atomic mass is 9.96. The highest BCUT2D eigenvalue weighted by molar-refractivity contribution is 6.46. The first-order chi connectivity index (χ1) is 14.6. The van der Waals surface area contributed by atoms with Crippen molar-refractivity contribution in [2.24, 2.45) is 0 Å². The summed E-state index contributed by atoms with van der Waals surface area (Å²) in [5.41, 5.74) is 1.93. The maximum Gasteiger partial charge on any atom is 0.295 e. The van der Waals surface area contributed by atoms with Crippen LogP contribution in [0.25, 0.3) is 5.76 Å². The average molecular weight is 400 g/mol. The smallest absolute Gasteiger partial charge is 0.295 e. The van der Waals surface area contributed by atoms with Crippen molar-refractivity contribution >= 4 is 17.4 Å². The van der Waals surface area contributed by atoms with Crippen molar-refractivity contribution in [3.05, 3.63) is 101 Å². The fourth-order valence-corrected chi connectivity index (χ4v) is 3.70. The number of hydrogen-bond donors (Lipinski definition) is 1. The van der Waals surface area contributed by atoms with Gasteiger partial charge in [0.2, 0.25) is 0 Å². The molecule has 1 aliphatic rings. The number of rotatable bonds is 5. The van der Waals surface area contributed by atoms with Crippen LogP contribution in [0.3, 0.4) is 0 Å². The first-order valence-electron chi connectivity index (χ1n) is 9.47. The molecule has 1 N–H and O–H groups in total. The molecule has 1 saturated heterocycles. The molecule has 4 rings (SSSR count). The lowest BCUT2D eigenvalue weighted by Gasteiger charge is -2.25. The number of nitrogens with zero attached hydrogens (tertiary/aromatic N) is 2. The molecule has 1 aliphatic heterocycles. The zero-order valence-corrected chi connectivity index (χ0v) is 16.4. The molecule has 1 amide bonds. The molecule has 1 unspecified atom stereocenters.